The summed E-state index contributed by atoms with van der Waals surface area (Å²) in [5.41, 5.74) is 1.37. The summed E-state index contributed by atoms with van der Waals surface area (Å²) in [4.78, 5) is 7.43. The fourth-order valence-electron chi connectivity index (χ4n) is 4.07. The van der Waals surface area contributed by atoms with Crippen molar-refractivity contribution in [2.24, 2.45) is 16.8 Å². The maximum Gasteiger partial charge on any atom is 0.191 e. The van der Waals surface area contributed by atoms with Crippen molar-refractivity contribution in [3.63, 3.8) is 0 Å². The Balaban J connectivity index is 2.01. The molecule has 1 aromatic rings. The summed E-state index contributed by atoms with van der Waals surface area (Å²) < 4.78 is 0. The summed E-state index contributed by atoms with van der Waals surface area (Å²) in [6, 6.07) is 11.2. The van der Waals surface area contributed by atoms with Crippen molar-refractivity contribution in [2.75, 3.05) is 39.3 Å². The van der Waals surface area contributed by atoms with Crippen molar-refractivity contribution in [2.45, 2.75) is 52.5 Å². The molecule has 158 valence electrons. The molecule has 1 aromatic carbocycles. The predicted octanol–water partition coefficient (Wildman–Crippen LogP) is 3.42. The summed E-state index contributed by atoms with van der Waals surface area (Å²) in [5.74, 6) is 1.94. The van der Waals surface area contributed by atoms with Crippen LogP contribution in [0.2, 0.25) is 0 Å². The first-order chi connectivity index (χ1) is 13.6. The van der Waals surface area contributed by atoms with E-state index in [1.807, 2.05) is 0 Å². The van der Waals surface area contributed by atoms with Crippen molar-refractivity contribution in [3.05, 3.63) is 35.9 Å². The average molecular weight is 389 g/mol. The molecule has 0 saturated carbocycles. The fraction of sp³-hybridized carbons (Fsp3) is 0.696. The molecule has 2 atom stereocenters. The van der Waals surface area contributed by atoms with E-state index in [9.17, 15) is 5.11 Å². The first kappa shape index (κ1) is 22.7. The molecule has 5 nitrogen and oxygen atoms in total. The molecule has 2 rings (SSSR count). The van der Waals surface area contributed by atoms with Crippen molar-refractivity contribution >= 4 is 5.96 Å². The van der Waals surface area contributed by atoms with Gasteiger partial charge in [-0.2, -0.15) is 0 Å². The number of benzene rings is 1. The summed E-state index contributed by atoms with van der Waals surface area (Å²) in [5, 5.41) is 16.3. The van der Waals surface area contributed by atoms with Crippen LogP contribution >= 0.6 is 0 Å². The van der Waals surface area contributed by atoms with Gasteiger partial charge in [-0.25, -0.2) is 0 Å². The Bertz CT molecular complexity index is 555. The number of aliphatic imine (C=N–C) groups is 1. The maximum atomic E-state index is 9.36. The molecule has 3 N–H and O–H groups in total. The van der Waals surface area contributed by atoms with Gasteiger partial charge in [-0.05, 0) is 63.1 Å². The van der Waals surface area contributed by atoms with E-state index in [2.05, 4.69) is 66.6 Å². The van der Waals surface area contributed by atoms with E-state index in [1.54, 1.807) is 0 Å². The molecule has 0 spiro atoms. The lowest BCUT2D eigenvalue weighted by molar-refractivity contribution is 0.243. The normalized spacial score (nSPS) is 17.7. The highest BCUT2D eigenvalue weighted by Crippen LogP contribution is 2.24. The molecule has 1 heterocycles. The van der Waals surface area contributed by atoms with Crippen LogP contribution in [0, 0.1) is 11.8 Å². The monoisotopic (exact) mass is 388 g/mol. The molecule has 28 heavy (non-hydrogen) atoms. The Morgan fingerprint density at radius 1 is 1.14 bits per heavy atom. The van der Waals surface area contributed by atoms with Gasteiger partial charge in [0, 0.05) is 26.2 Å². The number of hydrogen-bond acceptors (Lipinski definition) is 3. The van der Waals surface area contributed by atoms with E-state index in [-0.39, 0.29) is 6.61 Å². The Labute approximate surface area is 171 Å². The minimum atomic E-state index is 0.238. The Morgan fingerprint density at radius 2 is 1.86 bits per heavy atom. The zero-order valence-electron chi connectivity index (χ0n) is 18.0. The molecular formula is C23H40N4O. The van der Waals surface area contributed by atoms with E-state index in [4.69, 9.17) is 4.99 Å². The van der Waals surface area contributed by atoms with Crippen LogP contribution in [0.25, 0.3) is 0 Å². The third kappa shape index (κ3) is 7.80. The van der Waals surface area contributed by atoms with E-state index in [0.29, 0.717) is 17.9 Å². The lowest BCUT2D eigenvalue weighted by Gasteiger charge is -2.29. The van der Waals surface area contributed by atoms with Gasteiger partial charge in [0.1, 0.15) is 0 Å². The van der Waals surface area contributed by atoms with Crippen molar-refractivity contribution in [1.82, 2.24) is 15.5 Å². The Kier molecular flexibility index (Phi) is 10.4. The topological polar surface area (TPSA) is 59.9 Å². The second-order valence-electron chi connectivity index (χ2n) is 8.28. The standard InChI is InChI=1S/C23H40N4O/c1-4-24-23(25-17-20(12-15-28)16-19(2)3)26-18-22(27-13-8-9-14-27)21-10-6-5-7-11-21/h5-7,10-11,19-20,22,28H,4,8-9,12-18H2,1-3H3,(H2,24,25,26). The summed E-state index contributed by atoms with van der Waals surface area (Å²) in [7, 11) is 0. The molecule has 1 fully saturated rings. The fourth-order valence-corrected chi connectivity index (χ4v) is 4.07. The Morgan fingerprint density at radius 3 is 2.46 bits per heavy atom. The van der Waals surface area contributed by atoms with Gasteiger partial charge in [0.05, 0.1) is 6.04 Å². The molecule has 0 aliphatic carbocycles. The van der Waals surface area contributed by atoms with Gasteiger partial charge in [-0.3, -0.25) is 9.89 Å². The summed E-state index contributed by atoms with van der Waals surface area (Å²) in [6.45, 7) is 11.6. The first-order valence-corrected chi connectivity index (χ1v) is 11.1. The van der Waals surface area contributed by atoms with Gasteiger partial charge in [0.25, 0.3) is 0 Å². The second kappa shape index (κ2) is 12.8. The zero-order chi connectivity index (χ0) is 20.2. The molecule has 0 radical (unpaired) electrons. The quantitative estimate of drug-likeness (QED) is 0.402. The average Bonchev–Trinajstić information content (AvgIpc) is 3.21. The largest absolute Gasteiger partial charge is 0.396 e. The van der Waals surface area contributed by atoms with E-state index in [0.717, 1.165) is 38.4 Å². The van der Waals surface area contributed by atoms with Gasteiger partial charge in [-0.15, -0.1) is 0 Å². The summed E-state index contributed by atoms with van der Waals surface area (Å²) in [6.07, 6.45) is 4.50. The lowest BCUT2D eigenvalue weighted by Crippen LogP contribution is -2.43. The molecular weight excluding hydrogens is 348 g/mol. The number of aliphatic hydroxyl groups is 1. The molecule has 1 aliphatic heterocycles. The molecule has 5 heteroatoms. The highest BCUT2D eigenvalue weighted by molar-refractivity contribution is 5.79. The van der Waals surface area contributed by atoms with Crippen LogP contribution in [0.4, 0.5) is 0 Å². The first-order valence-electron chi connectivity index (χ1n) is 11.1. The molecule has 2 unspecified atom stereocenters. The number of aliphatic hydroxyl groups excluding tert-OH is 1. The van der Waals surface area contributed by atoms with Crippen LogP contribution in [0.15, 0.2) is 35.3 Å². The maximum absolute atomic E-state index is 9.36. The number of likely N-dealkylation sites (tertiary alicyclic amines) is 1. The highest BCUT2D eigenvalue weighted by Gasteiger charge is 2.23. The smallest absolute Gasteiger partial charge is 0.191 e. The third-order valence-electron chi connectivity index (χ3n) is 5.42. The number of nitrogens with zero attached hydrogens (tertiary/aromatic N) is 2. The van der Waals surface area contributed by atoms with Gasteiger partial charge >= 0.3 is 0 Å². The van der Waals surface area contributed by atoms with Crippen molar-refractivity contribution in [1.29, 1.82) is 0 Å². The van der Waals surface area contributed by atoms with E-state index < -0.39 is 0 Å². The molecule has 0 amide bonds. The number of rotatable bonds is 11. The summed E-state index contributed by atoms with van der Waals surface area (Å²) >= 11 is 0. The number of nitrogens with one attached hydrogen (secondary N) is 2. The van der Waals surface area contributed by atoms with Crippen molar-refractivity contribution < 1.29 is 5.11 Å². The Hall–Kier alpha value is -1.59. The minimum Gasteiger partial charge on any atom is -0.396 e. The molecule has 1 aliphatic rings. The van der Waals surface area contributed by atoms with Crippen LogP contribution in [0.5, 0.6) is 0 Å². The van der Waals surface area contributed by atoms with E-state index in [1.165, 1.54) is 31.5 Å². The molecule has 0 aromatic heterocycles. The van der Waals surface area contributed by atoms with Crippen molar-refractivity contribution in [3.8, 4) is 0 Å². The van der Waals surface area contributed by atoms with Gasteiger partial charge in [0.2, 0.25) is 0 Å². The minimum absolute atomic E-state index is 0.238. The lowest BCUT2D eigenvalue weighted by atomic mass is 9.94. The van der Waals surface area contributed by atoms with E-state index >= 15 is 0 Å². The van der Waals surface area contributed by atoms with Crippen LogP contribution < -0.4 is 10.6 Å². The van der Waals surface area contributed by atoms with Gasteiger partial charge in [0.15, 0.2) is 5.96 Å². The molecule has 0 bridgehead atoms. The second-order valence-corrected chi connectivity index (χ2v) is 8.28. The predicted molar refractivity (Wildman–Crippen MR) is 119 cm³/mol. The van der Waals surface area contributed by atoms with Crippen LogP contribution in [-0.4, -0.2) is 55.3 Å². The van der Waals surface area contributed by atoms with Crippen LogP contribution in [0.3, 0.4) is 0 Å². The number of guanidine groups is 1. The SMILES string of the molecule is CCNC(=NCC(CCO)CC(C)C)NCC(c1ccccc1)N1CCCC1. The van der Waals surface area contributed by atoms with Gasteiger partial charge < -0.3 is 15.7 Å². The molecule has 1 saturated heterocycles. The zero-order valence-corrected chi connectivity index (χ0v) is 18.0. The van der Waals surface area contributed by atoms with Gasteiger partial charge in [-0.1, -0.05) is 44.2 Å². The third-order valence-corrected chi connectivity index (χ3v) is 5.42. The van der Waals surface area contributed by atoms with Crippen LogP contribution in [0.1, 0.15) is 58.1 Å². The highest BCUT2D eigenvalue weighted by atomic mass is 16.3. The number of hydrogen-bond donors (Lipinski definition) is 3. The van der Waals surface area contributed by atoms with Crippen LogP contribution in [-0.2, 0) is 0 Å².